The first-order valence-electron chi connectivity index (χ1n) is 8.55. The van der Waals surface area contributed by atoms with Gasteiger partial charge in [-0.2, -0.15) is 0 Å². The third-order valence-electron chi connectivity index (χ3n) is 3.74. The SMILES string of the molecule is COCCCNC(=O)c1ccc(NC(=O)COc2ccc(Cl)c(C)c2)cc1. The highest BCUT2D eigenvalue weighted by atomic mass is 35.5. The molecule has 7 heteroatoms. The second-order valence-electron chi connectivity index (χ2n) is 5.93. The molecule has 0 atom stereocenters. The zero-order valence-corrected chi connectivity index (χ0v) is 16.1. The number of anilines is 1. The lowest BCUT2D eigenvalue weighted by atomic mass is 10.2. The molecule has 0 aliphatic heterocycles. The summed E-state index contributed by atoms with van der Waals surface area (Å²) < 4.78 is 10.4. The van der Waals surface area contributed by atoms with E-state index in [1.807, 2.05) is 6.92 Å². The van der Waals surface area contributed by atoms with Gasteiger partial charge in [0.25, 0.3) is 11.8 Å². The molecular weight excluding hydrogens is 368 g/mol. The van der Waals surface area contributed by atoms with Gasteiger partial charge in [0, 0.05) is 36.5 Å². The Bertz CT molecular complexity index is 778. The van der Waals surface area contributed by atoms with Crippen molar-refractivity contribution in [2.75, 3.05) is 32.2 Å². The highest BCUT2D eigenvalue weighted by Gasteiger charge is 2.07. The summed E-state index contributed by atoms with van der Waals surface area (Å²) in [6, 6.07) is 11.9. The van der Waals surface area contributed by atoms with Gasteiger partial charge in [0.15, 0.2) is 6.61 Å². The van der Waals surface area contributed by atoms with Crippen molar-refractivity contribution in [1.82, 2.24) is 5.32 Å². The van der Waals surface area contributed by atoms with E-state index in [0.717, 1.165) is 12.0 Å². The first kappa shape index (κ1) is 20.7. The minimum Gasteiger partial charge on any atom is -0.484 e. The molecule has 2 N–H and O–H groups in total. The molecule has 144 valence electrons. The summed E-state index contributed by atoms with van der Waals surface area (Å²) in [5.74, 6) is 0.123. The first-order chi connectivity index (χ1) is 13.0. The predicted octanol–water partition coefficient (Wildman–Crippen LogP) is 3.43. The molecule has 0 aliphatic rings. The predicted molar refractivity (Wildman–Crippen MR) is 106 cm³/mol. The zero-order chi connectivity index (χ0) is 19.6. The van der Waals surface area contributed by atoms with Crippen molar-refractivity contribution in [3.05, 3.63) is 58.6 Å². The topological polar surface area (TPSA) is 76.7 Å². The van der Waals surface area contributed by atoms with Crippen LogP contribution in [-0.2, 0) is 9.53 Å². The number of nitrogens with one attached hydrogen (secondary N) is 2. The molecule has 2 aromatic carbocycles. The summed E-state index contributed by atoms with van der Waals surface area (Å²) >= 11 is 5.96. The van der Waals surface area contributed by atoms with Crippen molar-refractivity contribution in [3.8, 4) is 5.75 Å². The maximum absolute atomic E-state index is 12.0. The molecule has 0 bridgehead atoms. The van der Waals surface area contributed by atoms with Gasteiger partial charge in [0.2, 0.25) is 0 Å². The highest BCUT2D eigenvalue weighted by molar-refractivity contribution is 6.31. The Kier molecular flexibility index (Phi) is 8.10. The van der Waals surface area contributed by atoms with Gasteiger partial charge in [-0.1, -0.05) is 11.6 Å². The normalized spacial score (nSPS) is 10.3. The van der Waals surface area contributed by atoms with Gasteiger partial charge in [-0.05, 0) is 61.4 Å². The van der Waals surface area contributed by atoms with Crippen LogP contribution in [0.5, 0.6) is 5.75 Å². The standard InChI is InChI=1S/C20H23ClN2O4/c1-14-12-17(8-9-18(14)21)27-13-19(24)23-16-6-4-15(5-7-16)20(25)22-10-3-11-26-2/h4-9,12H,3,10-11,13H2,1-2H3,(H,22,25)(H,23,24). The number of hydrogen-bond acceptors (Lipinski definition) is 4. The molecule has 2 aromatic rings. The van der Waals surface area contributed by atoms with Gasteiger partial charge in [0.05, 0.1) is 0 Å². The molecule has 0 saturated carbocycles. The van der Waals surface area contributed by atoms with Crippen molar-refractivity contribution in [2.24, 2.45) is 0 Å². The number of carbonyl (C=O) groups is 2. The van der Waals surface area contributed by atoms with Gasteiger partial charge in [-0.3, -0.25) is 9.59 Å². The zero-order valence-electron chi connectivity index (χ0n) is 15.4. The van der Waals surface area contributed by atoms with Crippen LogP contribution < -0.4 is 15.4 Å². The van der Waals surface area contributed by atoms with E-state index in [-0.39, 0.29) is 18.4 Å². The molecule has 0 spiro atoms. The van der Waals surface area contributed by atoms with E-state index in [1.54, 1.807) is 49.6 Å². The molecule has 27 heavy (non-hydrogen) atoms. The van der Waals surface area contributed by atoms with Crippen molar-refractivity contribution in [3.63, 3.8) is 0 Å². The van der Waals surface area contributed by atoms with E-state index in [4.69, 9.17) is 21.1 Å². The summed E-state index contributed by atoms with van der Waals surface area (Å²) in [5, 5.41) is 6.18. The quantitative estimate of drug-likeness (QED) is 0.643. The maximum atomic E-state index is 12.0. The Morgan fingerprint density at radius 3 is 2.52 bits per heavy atom. The van der Waals surface area contributed by atoms with Crippen molar-refractivity contribution in [1.29, 1.82) is 0 Å². The number of amides is 2. The Hall–Kier alpha value is -2.57. The Labute approximate surface area is 163 Å². The number of aryl methyl sites for hydroxylation is 1. The molecule has 2 rings (SSSR count). The molecule has 2 amide bonds. The third kappa shape index (κ3) is 6.92. The molecule has 0 fully saturated rings. The Morgan fingerprint density at radius 2 is 1.85 bits per heavy atom. The van der Waals surface area contributed by atoms with Crippen molar-refractivity contribution >= 4 is 29.1 Å². The number of carbonyl (C=O) groups excluding carboxylic acids is 2. The lowest BCUT2D eigenvalue weighted by molar-refractivity contribution is -0.118. The van der Waals surface area contributed by atoms with Crippen molar-refractivity contribution < 1.29 is 19.1 Å². The van der Waals surface area contributed by atoms with Gasteiger partial charge in [0.1, 0.15) is 5.75 Å². The van der Waals surface area contributed by atoms with Crippen LogP contribution in [0.2, 0.25) is 5.02 Å². The van der Waals surface area contributed by atoms with E-state index in [1.165, 1.54) is 0 Å². The minimum atomic E-state index is -0.292. The fourth-order valence-electron chi connectivity index (χ4n) is 2.28. The number of halogens is 1. The van der Waals surface area contributed by atoms with Crippen LogP contribution in [0.3, 0.4) is 0 Å². The summed E-state index contributed by atoms with van der Waals surface area (Å²) in [4.78, 5) is 24.0. The van der Waals surface area contributed by atoms with E-state index in [2.05, 4.69) is 10.6 Å². The molecular formula is C20H23ClN2O4. The molecule has 0 aromatic heterocycles. The van der Waals surface area contributed by atoms with Gasteiger partial charge < -0.3 is 20.1 Å². The molecule has 0 aliphatic carbocycles. The first-order valence-corrected chi connectivity index (χ1v) is 8.93. The average Bonchev–Trinajstić information content (AvgIpc) is 2.66. The second kappa shape index (κ2) is 10.5. The van der Waals surface area contributed by atoms with Crippen LogP contribution in [0.1, 0.15) is 22.3 Å². The molecule has 0 heterocycles. The number of ether oxygens (including phenoxy) is 2. The fourth-order valence-corrected chi connectivity index (χ4v) is 2.40. The number of rotatable bonds is 9. The van der Waals surface area contributed by atoms with Crippen LogP contribution in [0.15, 0.2) is 42.5 Å². The summed E-state index contributed by atoms with van der Waals surface area (Å²) in [6.45, 7) is 2.89. The van der Waals surface area contributed by atoms with Gasteiger partial charge >= 0.3 is 0 Å². The number of benzene rings is 2. The smallest absolute Gasteiger partial charge is 0.262 e. The van der Waals surface area contributed by atoms with E-state index < -0.39 is 0 Å². The van der Waals surface area contributed by atoms with Crippen LogP contribution in [0, 0.1) is 6.92 Å². The third-order valence-corrected chi connectivity index (χ3v) is 4.17. The van der Waals surface area contributed by atoms with Crippen LogP contribution in [-0.4, -0.2) is 38.7 Å². The molecule has 6 nitrogen and oxygen atoms in total. The minimum absolute atomic E-state index is 0.122. The maximum Gasteiger partial charge on any atom is 0.262 e. The molecule has 0 unspecified atom stereocenters. The van der Waals surface area contributed by atoms with E-state index in [0.29, 0.717) is 35.2 Å². The molecule has 0 radical (unpaired) electrons. The van der Waals surface area contributed by atoms with E-state index in [9.17, 15) is 9.59 Å². The Balaban J connectivity index is 1.80. The van der Waals surface area contributed by atoms with Crippen LogP contribution >= 0.6 is 11.6 Å². The van der Waals surface area contributed by atoms with Crippen molar-refractivity contribution in [2.45, 2.75) is 13.3 Å². The number of methoxy groups -OCH3 is 1. The van der Waals surface area contributed by atoms with Crippen LogP contribution in [0.4, 0.5) is 5.69 Å². The lowest BCUT2D eigenvalue weighted by Crippen LogP contribution is -2.25. The second-order valence-corrected chi connectivity index (χ2v) is 6.33. The fraction of sp³-hybridized carbons (Fsp3) is 0.300. The molecule has 0 saturated heterocycles. The highest BCUT2D eigenvalue weighted by Crippen LogP contribution is 2.21. The van der Waals surface area contributed by atoms with Gasteiger partial charge in [-0.15, -0.1) is 0 Å². The average molecular weight is 391 g/mol. The van der Waals surface area contributed by atoms with Gasteiger partial charge in [-0.25, -0.2) is 0 Å². The van der Waals surface area contributed by atoms with Crippen LogP contribution in [0.25, 0.3) is 0 Å². The monoisotopic (exact) mass is 390 g/mol. The summed E-state index contributed by atoms with van der Waals surface area (Å²) in [6.07, 6.45) is 0.753. The Morgan fingerprint density at radius 1 is 1.11 bits per heavy atom. The largest absolute Gasteiger partial charge is 0.484 e. The summed E-state index contributed by atoms with van der Waals surface area (Å²) in [7, 11) is 1.62. The number of hydrogen-bond donors (Lipinski definition) is 2. The lowest BCUT2D eigenvalue weighted by Gasteiger charge is -2.09. The summed E-state index contributed by atoms with van der Waals surface area (Å²) in [5.41, 5.74) is 2.00. The van der Waals surface area contributed by atoms with E-state index >= 15 is 0 Å².